The molecular weight excluding hydrogens is 657 g/mol. The van der Waals surface area contributed by atoms with Gasteiger partial charge >= 0.3 is 0 Å². The van der Waals surface area contributed by atoms with Crippen molar-refractivity contribution in [2.75, 3.05) is 0 Å². The monoisotopic (exact) mass is 726 g/mol. The lowest BCUT2D eigenvalue weighted by molar-refractivity contribution is 1.21. The van der Waals surface area contributed by atoms with E-state index in [2.05, 4.69) is 142 Å². The summed E-state index contributed by atoms with van der Waals surface area (Å²) in [5, 5.41) is 3.58. The van der Waals surface area contributed by atoms with Crippen LogP contribution in [0.15, 0.2) is 24.3 Å². The van der Waals surface area contributed by atoms with Gasteiger partial charge in [-0.2, -0.15) is 0 Å². The first-order valence-electron chi connectivity index (χ1n) is 17.3. The molecule has 0 aliphatic carbocycles. The minimum absolute atomic E-state index is 0.911. The molecule has 8 heteroatoms. The summed E-state index contributed by atoms with van der Waals surface area (Å²) < 4.78 is 0. The molecule has 44 heavy (non-hydrogen) atoms. The minimum Gasteiger partial charge on any atom is -0.0693 e. The Hall–Kier alpha value is 0.175. The molecule has 0 saturated carbocycles. The van der Waals surface area contributed by atoms with Crippen molar-refractivity contribution in [1.82, 2.24) is 0 Å². The maximum absolute atomic E-state index is 2.71. The van der Waals surface area contributed by atoms with E-state index in [-0.39, 0.29) is 0 Å². The van der Waals surface area contributed by atoms with Crippen molar-refractivity contribution in [2.24, 2.45) is 0 Å². The quantitative estimate of drug-likeness (QED) is 0.191. The maximum atomic E-state index is 2.71. The summed E-state index contributed by atoms with van der Waals surface area (Å²) in [7, 11) is -5.66. The Kier molecular flexibility index (Phi) is 13.5. The zero-order chi connectivity index (χ0) is 34.1. The van der Waals surface area contributed by atoms with Crippen molar-refractivity contribution in [1.29, 1.82) is 0 Å². The molecule has 0 aliphatic rings. The van der Waals surface area contributed by atoms with Crippen LogP contribution >= 0.6 is 0 Å². The van der Waals surface area contributed by atoms with Gasteiger partial charge in [-0.1, -0.05) is 153 Å². The molecule has 0 heterocycles. The van der Waals surface area contributed by atoms with Gasteiger partial charge in [-0.15, -0.1) is 0 Å². The van der Waals surface area contributed by atoms with Crippen LogP contribution < -0.4 is 10.4 Å². The molecule has 0 spiro atoms. The standard InChI is InChI=1S/C36H70Si8/c1-39(2,3)23-29-19-31(25-41(7,8)9)35(32(20-29)26-42(10,11)12)37-38-36-33(27-43(13,14)15)21-30(24-40(4,5)6)22-34(36)28-44(16,17)18/h19-22H,23-28H2,1-18H3. The topological polar surface area (TPSA) is 0 Å². The highest BCUT2D eigenvalue weighted by Gasteiger charge is 2.26. The number of hydrogen-bond acceptors (Lipinski definition) is 0. The first-order chi connectivity index (χ1) is 19.5. The van der Waals surface area contributed by atoms with Crippen LogP contribution in [0.4, 0.5) is 0 Å². The van der Waals surface area contributed by atoms with Gasteiger partial charge in [-0.3, -0.25) is 0 Å². The van der Waals surface area contributed by atoms with E-state index in [4.69, 9.17) is 0 Å². The molecule has 0 amide bonds. The fourth-order valence-electron chi connectivity index (χ4n) is 6.40. The second-order valence-electron chi connectivity index (χ2n) is 21.3. The number of rotatable bonds is 12. The molecule has 0 N–H and O–H groups in total. The second kappa shape index (κ2) is 14.7. The third-order valence-electron chi connectivity index (χ3n) is 7.39. The van der Waals surface area contributed by atoms with Gasteiger partial charge in [-0.05, 0) is 85.7 Å². The molecule has 0 unspecified atom stereocenters. The van der Waals surface area contributed by atoms with Crippen LogP contribution in [-0.4, -0.2) is 65.3 Å². The van der Waals surface area contributed by atoms with E-state index in [1.54, 1.807) is 43.8 Å². The Labute approximate surface area is 285 Å². The zero-order valence-electron chi connectivity index (χ0n) is 32.6. The summed E-state index contributed by atoms with van der Waals surface area (Å²) in [6, 6.07) is 18.8. The van der Waals surface area contributed by atoms with Gasteiger partial charge in [0.2, 0.25) is 0 Å². The number of benzene rings is 2. The molecule has 2 aromatic rings. The number of hydrogen-bond donors (Lipinski definition) is 0. The highest BCUT2D eigenvalue weighted by atomic mass is 28.7. The molecule has 0 aromatic heterocycles. The van der Waals surface area contributed by atoms with E-state index in [0.717, 1.165) is 16.8 Å². The maximum Gasteiger partial charge on any atom is 0.0487 e. The molecule has 2 rings (SSSR count). The Morgan fingerprint density at radius 1 is 0.318 bits per heavy atom. The largest absolute Gasteiger partial charge is 0.0693 e. The lowest BCUT2D eigenvalue weighted by atomic mass is 10.1. The Morgan fingerprint density at radius 3 is 0.659 bits per heavy atom. The Bertz CT molecular complexity index is 1180. The van der Waals surface area contributed by atoms with Crippen LogP contribution in [0.3, 0.4) is 0 Å². The fourth-order valence-corrected chi connectivity index (χ4v) is 19.9. The highest BCUT2D eigenvalue weighted by Crippen LogP contribution is 2.22. The van der Waals surface area contributed by atoms with Crippen LogP contribution in [0.25, 0.3) is 0 Å². The van der Waals surface area contributed by atoms with Gasteiger partial charge in [0.15, 0.2) is 0 Å². The summed E-state index contributed by atoms with van der Waals surface area (Å²) in [4.78, 5) is 0. The van der Waals surface area contributed by atoms with E-state index in [1.165, 1.54) is 36.3 Å². The van der Waals surface area contributed by atoms with Gasteiger partial charge in [0.25, 0.3) is 0 Å². The van der Waals surface area contributed by atoms with Crippen LogP contribution in [0.5, 0.6) is 0 Å². The summed E-state index contributed by atoms with van der Waals surface area (Å²) in [5.74, 6) is 0. The van der Waals surface area contributed by atoms with Crippen molar-refractivity contribution < 1.29 is 0 Å². The molecule has 0 radical (unpaired) electrons. The van der Waals surface area contributed by atoms with Crippen molar-refractivity contribution in [3.63, 3.8) is 0 Å². The third kappa shape index (κ3) is 15.8. The first-order valence-corrected chi connectivity index (χ1v) is 42.5. The van der Waals surface area contributed by atoms with Crippen molar-refractivity contribution >= 4 is 75.7 Å². The minimum atomic E-state index is -1.27. The Morgan fingerprint density at radius 2 is 0.500 bits per heavy atom. The SMILES string of the molecule is C[Si](C)(C)Cc1cc(C[Si](C)(C)C)c([Si]#[Si]c2c(C[Si](C)(C)C)cc(C[Si](C)(C)C)cc2C[Si](C)(C)C)c(C[Si](C)(C)C)c1. The average Bonchev–Trinajstić information content (AvgIpc) is 2.67. The third-order valence-corrected chi connectivity index (χ3v) is 19.9. The average molecular weight is 728 g/mol. The van der Waals surface area contributed by atoms with Gasteiger partial charge in [0, 0.05) is 48.4 Å². The lowest BCUT2D eigenvalue weighted by Gasteiger charge is -2.26. The van der Waals surface area contributed by atoms with E-state index < -0.39 is 48.4 Å². The smallest absolute Gasteiger partial charge is 0.0487 e. The Balaban J connectivity index is 2.99. The van der Waals surface area contributed by atoms with Crippen LogP contribution in [0.2, 0.25) is 118 Å². The molecule has 246 valence electrons. The predicted octanol–water partition coefficient (Wildman–Crippen LogP) is 9.48. The van der Waals surface area contributed by atoms with Gasteiger partial charge in [-0.25, -0.2) is 0 Å². The van der Waals surface area contributed by atoms with Crippen LogP contribution in [0.1, 0.15) is 33.4 Å². The molecule has 0 aliphatic heterocycles. The lowest BCUT2D eigenvalue weighted by Crippen LogP contribution is -2.37. The van der Waals surface area contributed by atoms with E-state index in [9.17, 15) is 0 Å². The van der Waals surface area contributed by atoms with Gasteiger partial charge < -0.3 is 0 Å². The normalized spacial score (nSPS) is 13.6. The van der Waals surface area contributed by atoms with Gasteiger partial charge in [0.05, 0.1) is 0 Å². The summed E-state index contributed by atoms with van der Waals surface area (Å²) in [5.41, 5.74) is 10.3. The molecule has 0 bridgehead atoms. The summed E-state index contributed by atoms with van der Waals surface area (Å²) in [6.45, 7) is 46.3. The highest BCUT2D eigenvalue weighted by molar-refractivity contribution is 6.82. The van der Waals surface area contributed by atoms with Crippen molar-refractivity contribution in [2.45, 2.75) is 154 Å². The summed E-state index contributed by atoms with van der Waals surface area (Å²) in [6.07, 6.45) is 0. The van der Waals surface area contributed by atoms with Crippen molar-refractivity contribution in [3.8, 4) is 0 Å². The molecule has 0 nitrogen and oxygen atoms in total. The van der Waals surface area contributed by atoms with E-state index in [0.29, 0.717) is 0 Å². The van der Waals surface area contributed by atoms with Gasteiger partial charge in [0.1, 0.15) is 0 Å². The van der Waals surface area contributed by atoms with E-state index in [1.807, 2.05) is 0 Å². The zero-order valence-corrected chi connectivity index (χ0v) is 40.6. The molecule has 2 aromatic carbocycles. The van der Waals surface area contributed by atoms with Crippen molar-refractivity contribution in [3.05, 3.63) is 57.6 Å². The predicted molar refractivity (Wildman–Crippen MR) is 226 cm³/mol. The first kappa shape index (κ1) is 40.4. The van der Waals surface area contributed by atoms with Crippen LogP contribution in [0, 0.1) is 0 Å². The van der Waals surface area contributed by atoms with Crippen LogP contribution in [-0.2, 0) is 36.3 Å². The molecule has 0 fully saturated rings. The molecule has 0 saturated heterocycles. The summed E-state index contributed by atoms with van der Waals surface area (Å²) >= 11 is 0. The second-order valence-corrected chi connectivity index (χ2v) is 57.1. The molecular formula is C36H70Si8. The molecule has 0 atom stereocenters. The fraction of sp³-hybridized carbons (Fsp3) is 0.667. The van der Waals surface area contributed by atoms with E-state index >= 15 is 0 Å².